The van der Waals surface area contributed by atoms with E-state index in [1.54, 1.807) is 18.2 Å². The van der Waals surface area contributed by atoms with Gasteiger partial charge in [-0.15, -0.1) is 0 Å². The van der Waals surface area contributed by atoms with Gasteiger partial charge in [0.2, 0.25) is 5.88 Å². The van der Waals surface area contributed by atoms with Crippen LogP contribution < -0.4 is 10.5 Å². The van der Waals surface area contributed by atoms with Gasteiger partial charge in [0, 0.05) is 6.07 Å². The average molecular weight is 195 g/mol. The second-order valence-corrected chi connectivity index (χ2v) is 2.69. The van der Waals surface area contributed by atoms with Gasteiger partial charge >= 0.3 is 0 Å². The van der Waals surface area contributed by atoms with Crippen LogP contribution >= 0.6 is 0 Å². The van der Waals surface area contributed by atoms with Crippen LogP contribution in [-0.4, -0.2) is 22.6 Å². The molecule has 0 aliphatic heterocycles. The van der Waals surface area contributed by atoms with Crippen molar-refractivity contribution in [3.05, 3.63) is 23.9 Å². The van der Waals surface area contributed by atoms with Crippen LogP contribution in [0.1, 0.15) is 19.0 Å². The smallest absolute Gasteiger partial charge is 0.213 e. The number of aromatic nitrogens is 1. The Balaban J connectivity index is 2.79. The van der Waals surface area contributed by atoms with E-state index in [-0.39, 0.29) is 5.84 Å². The fraction of sp³-hybridized carbons (Fsp3) is 0.333. The second-order valence-electron chi connectivity index (χ2n) is 2.69. The third kappa shape index (κ3) is 2.62. The van der Waals surface area contributed by atoms with E-state index in [4.69, 9.17) is 15.7 Å². The standard InChI is InChI=1S/C9H13N3O2/c1-2-6-14-8-5-3-4-7(11-8)9(10)12-13/h3-5,13H,2,6H2,1H3,(H2,10,12). The quantitative estimate of drug-likeness (QED) is 0.324. The van der Waals surface area contributed by atoms with Crippen molar-refractivity contribution in [2.45, 2.75) is 13.3 Å². The summed E-state index contributed by atoms with van der Waals surface area (Å²) in [5.74, 6) is 0.461. The lowest BCUT2D eigenvalue weighted by molar-refractivity contribution is 0.304. The van der Waals surface area contributed by atoms with Crippen molar-refractivity contribution < 1.29 is 9.94 Å². The second kappa shape index (κ2) is 5.06. The molecule has 0 radical (unpaired) electrons. The molecule has 0 spiro atoms. The highest BCUT2D eigenvalue weighted by Gasteiger charge is 2.02. The Kier molecular flexibility index (Phi) is 3.72. The Morgan fingerprint density at radius 2 is 2.43 bits per heavy atom. The van der Waals surface area contributed by atoms with Crippen LogP contribution in [-0.2, 0) is 0 Å². The SMILES string of the molecule is CCCOc1cccc(C(N)=NO)n1. The molecule has 0 aliphatic rings. The Labute approximate surface area is 82.2 Å². The summed E-state index contributed by atoms with van der Waals surface area (Å²) >= 11 is 0. The van der Waals surface area contributed by atoms with Gasteiger partial charge in [-0.3, -0.25) is 0 Å². The first-order chi connectivity index (χ1) is 6.77. The van der Waals surface area contributed by atoms with E-state index in [9.17, 15) is 0 Å². The minimum atomic E-state index is -0.0213. The maximum Gasteiger partial charge on any atom is 0.213 e. The molecule has 0 aromatic carbocycles. The molecule has 1 aromatic heterocycles. The molecule has 0 aliphatic carbocycles. The lowest BCUT2D eigenvalue weighted by Gasteiger charge is -2.04. The van der Waals surface area contributed by atoms with Crippen molar-refractivity contribution in [1.82, 2.24) is 4.98 Å². The summed E-state index contributed by atoms with van der Waals surface area (Å²) in [5, 5.41) is 11.3. The van der Waals surface area contributed by atoms with Gasteiger partial charge in [-0.05, 0) is 12.5 Å². The Morgan fingerprint density at radius 1 is 1.64 bits per heavy atom. The maximum absolute atomic E-state index is 8.44. The molecule has 1 aromatic rings. The Morgan fingerprint density at radius 3 is 3.07 bits per heavy atom. The third-order valence-electron chi connectivity index (χ3n) is 1.55. The first-order valence-corrected chi connectivity index (χ1v) is 4.35. The van der Waals surface area contributed by atoms with Gasteiger partial charge < -0.3 is 15.7 Å². The van der Waals surface area contributed by atoms with Crippen LogP contribution in [0.3, 0.4) is 0 Å². The first-order valence-electron chi connectivity index (χ1n) is 4.35. The van der Waals surface area contributed by atoms with Crippen molar-refractivity contribution in [2.75, 3.05) is 6.61 Å². The molecule has 1 rings (SSSR count). The number of nitrogens with zero attached hydrogens (tertiary/aromatic N) is 2. The van der Waals surface area contributed by atoms with Crippen LogP contribution in [0.4, 0.5) is 0 Å². The number of amidine groups is 1. The van der Waals surface area contributed by atoms with E-state index >= 15 is 0 Å². The minimum absolute atomic E-state index is 0.0213. The zero-order valence-corrected chi connectivity index (χ0v) is 7.97. The van der Waals surface area contributed by atoms with Gasteiger partial charge in [-0.1, -0.05) is 18.1 Å². The van der Waals surface area contributed by atoms with Crippen LogP contribution in [0.25, 0.3) is 0 Å². The number of nitrogens with two attached hydrogens (primary N) is 1. The predicted molar refractivity (Wildman–Crippen MR) is 52.5 cm³/mol. The molecule has 0 saturated carbocycles. The van der Waals surface area contributed by atoms with Crippen LogP contribution in [0, 0.1) is 0 Å². The molecule has 76 valence electrons. The molecule has 14 heavy (non-hydrogen) atoms. The summed E-state index contributed by atoms with van der Waals surface area (Å²) in [5.41, 5.74) is 5.78. The summed E-state index contributed by atoms with van der Waals surface area (Å²) < 4.78 is 5.29. The number of hydrogen-bond donors (Lipinski definition) is 2. The van der Waals surface area contributed by atoms with E-state index in [1.807, 2.05) is 6.92 Å². The molecular weight excluding hydrogens is 182 g/mol. The average Bonchev–Trinajstić information content (AvgIpc) is 2.25. The van der Waals surface area contributed by atoms with Gasteiger partial charge in [0.25, 0.3) is 0 Å². The molecule has 5 heteroatoms. The number of rotatable bonds is 4. The number of oxime groups is 1. The van der Waals surface area contributed by atoms with Gasteiger partial charge in [-0.25, -0.2) is 4.98 Å². The van der Waals surface area contributed by atoms with Crippen LogP contribution in [0.15, 0.2) is 23.4 Å². The lowest BCUT2D eigenvalue weighted by atomic mass is 10.3. The molecule has 5 nitrogen and oxygen atoms in total. The Bertz CT molecular complexity index is 326. The minimum Gasteiger partial charge on any atom is -0.478 e. The normalized spacial score (nSPS) is 11.4. The molecule has 3 N–H and O–H groups in total. The van der Waals surface area contributed by atoms with Gasteiger partial charge in [-0.2, -0.15) is 0 Å². The number of hydrogen-bond acceptors (Lipinski definition) is 4. The topological polar surface area (TPSA) is 80.7 Å². The molecule has 0 saturated heterocycles. The zero-order chi connectivity index (χ0) is 10.4. The van der Waals surface area contributed by atoms with E-state index < -0.39 is 0 Å². The fourth-order valence-corrected chi connectivity index (χ4v) is 0.896. The summed E-state index contributed by atoms with van der Waals surface area (Å²) in [6.45, 7) is 2.61. The predicted octanol–water partition coefficient (Wildman–Crippen LogP) is 0.965. The number of pyridine rings is 1. The van der Waals surface area contributed by atoms with E-state index in [0.29, 0.717) is 18.2 Å². The van der Waals surface area contributed by atoms with E-state index in [1.165, 1.54) is 0 Å². The third-order valence-corrected chi connectivity index (χ3v) is 1.55. The molecule has 0 fully saturated rings. The monoisotopic (exact) mass is 195 g/mol. The van der Waals surface area contributed by atoms with Crippen molar-refractivity contribution in [2.24, 2.45) is 10.9 Å². The summed E-state index contributed by atoms with van der Waals surface area (Å²) in [4.78, 5) is 4.04. The maximum atomic E-state index is 8.44. The zero-order valence-electron chi connectivity index (χ0n) is 7.97. The van der Waals surface area contributed by atoms with Crippen molar-refractivity contribution in [3.8, 4) is 5.88 Å². The van der Waals surface area contributed by atoms with Crippen LogP contribution in [0.2, 0.25) is 0 Å². The largest absolute Gasteiger partial charge is 0.478 e. The van der Waals surface area contributed by atoms with Crippen LogP contribution in [0.5, 0.6) is 5.88 Å². The van der Waals surface area contributed by atoms with E-state index in [0.717, 1.165) is 6.42 Å². The van der Waals surface area contributed by atoms with Gasteiger partial charge in [0.15, 0.2) is 5.84 Å². The summed E-state index contributed by atoms with van der Waals surface area (Å²) in [6, 6.07) is 5.11. The van der Waals surface area contributed by atoms with Crippen molar-refractivity contribution in [1.29, 1.82) is 0 Å². The van der Waals surface area contributed by atoms with Crippen molar-refractivity contribution >= 4 is 5.84 Å². The molecule has 1 heterocycles. The number of ether oxygens (including phenoxy) is 1. The van der Waals surface area contributed by atoms with Gasteiger partial charge in [0.1, 0.15) is 5.69 Å². The lowest BCUT2D eigenvalue weighted by Crippen LogP contribution is -2.15. The molecule has 0 amide bonds. The van der Waals surface area contributed by atoms with Gasteiger partial charge in [0.05, 0.1) is 6.61 Å². The van der Waals surface area contributed by atoms with Crippen molar-refractivity contribution in [3.63, 3.8) is 0 Å². The Hall–Kier alpha value is -1.78. The highest BCUT2D eigenvalue weighted by molar-refractivity contribution is 5.95. The summed E-state index contributed by atoms with van der Waals surface area (Å²) in [6.07, 6.45) is 0.912. The highest BCUT2D eigenvalue weighted by atomic mass is 16.5. The van der Waals surface area contributed by atoms with E-state index in [2.05, 4.69) is 10.1 Å². The first kappa shape index (κ1) is 10.3. The molecular formula is C9H13N3O2. The fourth-order valence-electron chi connectivity index (χ4n) is 0.896. The highest BCUT2D eigenvalue weighted by Crippen LogP contribution is 2.07. The summed E-state index contributed by atoms with van der Waals surface area (Å²) in [7, 11) is 0. The molecule has 0 atom stereocenters. The molecule has 0 unspecified atom stereocenters. The molecule has 0 bridgehead atoms.